The molecule has 0 saturated carbocycles. The number of carbonyl (C=O) groups is 1. The summed E-state index contributed by atoms with van der Waals surface area (Å²) < 4.78 is 4.79. The van der Waals surface area contributed by atoms with Crippen LogP contribution in [0.3, 0.4) is 0 Å². The van der Waals surface area contributed by atoms with Gasteiger partial charge in [-0.1, -0.05) is 11.6 Å². The number of methoxy groups -OCH3 is 1. The van der Waals surface area contributed by atoms with Gasteiger partial charge in [-0.2, -0.15) is 0 Å². The van der Waals surface area contributed by atoms with Gasteiger partial charge >= 0.3 is 0 Å². The number of carbonyl (C=O) groups excluding carboxylic acids is 1. The standard InChI is InChI=1S/C7H5Cl2NO2/c1-12-7-5(6(9)11)4(8)2-3-10-7/h2-3H,1H3. The molecule has 0 fully saturated rings. The minimum Gasteiger partial charge on any atom is -0.480 e. The summed E-state index contributed by atoms with van der Waals surface area (Å²) in [5.74, 6) is 0.141. The molecule has 5 heteroatoms. The molecule has 0 unspecified atom stereocenters. The van der Waals surface area contributed by atoms with Gasteiger partial charge < -0.3 is 4.74 Å². The van der Waals surface area contributed by atoms with Crippen molar-refractivity contribution in [3.05, 3.63) is 22.8 Å². The second kappa shape index (κ2) is 3.74. The molecule has 0 aliphatic carbocycles. The van der Waals surface area contributed by atoms with Crippen molar-refractivity contribution in [2.45, 2.75) is 0 Å². The van der Waals surface area contributed by atoms with E-state index in [0.29, 0.717) is 0 Å². The number of pyridine rings is 1. The van der Waals surface area contributed by atoms with Crippen LogP contribution in [0.25, 0.3) is 0 Å². The number of hydrogen-bond donors (Lipinski definition) is 0. The highest BCUT2D eigenvalue weighted by Crippen LogP contribution is 2.24. The molecule has 3 nitrogen and oxygen atoms in total. The first kappa shape index (κ1) is 9.29. The number of ether oxygens (including phenoxy) is 1. The van der Waals surface area contributed by atoms with Gasteiger partial charge in [-0.25, -0.2) is 4.98 Å². The van der Waals surface area contributed by atoms with Crippen LogP contribution in [0.5, 0.6) is 5.88 Å². The highest BCUT2D eigenvalue weighted by molar-refractivity contribution is 6.69. The lowest BCUT2D eigenvalue weighted by molar-refractivity contribution is 0.107. The van der Waals surface area contributed by atoms with Crippen molar-refractivity contribution in [1.82, 2.24) is 4.98 Å². The van der Waals surface area contributed by atoms with Gasteiger partial charge in [0.1, 0.15) is 5.56 Å². The van der Waals surface area contributed by atoms with E-state index >= 15 is 0 Å². The number of aromatic nitrogens is 1. The molecule has 0 N–H and O–H groups in total. The van der Waals surface area contributed by atoms with Gasteiger partial charge in [0.25, 0.3) is 5.24 Å². The Bertz CT molecular complexity index is 314. The molecular weight excluding hydrogens is 201 g/mol. The average Bonchev–Trinajstić information content (AvgIpc) is 2.03. The molecule has 0 radical (unpaired) electrons. The van der Waals surface area contributed by atoms with Crippen LogP contribution in [0, 0.1) is 0 Å². The first-order valence-corrected chi connectivity index (χ1v) is 3.80. The fourth-order valence-corrected chi connectivity index (χ4v) is 1.21. The lowest BCUT2D eigenvalue weighted by atomic mass is 10.3. The van der Waals surface area contributed by atoms with Crippen molar-refractivity contribution in [2.24, 2.45) is 0 Å². The van der Waals surface area contributed by atoms with Crippen LogP contribution >= 0.6 is 23.2 Å². The molecule has 0 bridgehead atoms. The van der Waals surface area contributed by atoms with E-state index in [2.05, 4.69) is 4.98 Å². The molecule has 1 heterocycles. The lowest BCUT2D eigenvalue weighted by Crippen LogP contribution is -1.98. The Hall–Kier alpha value is -0.800. The predicted octanol–water partition coefficient (Wildman–Crippen LogP) is 2.12. The van der Waals surface area contributed by atoms with Crippen molar-refractivity contribution in [3.63, 3.8) is 0 Å². The van der Waals surface area contributed by atoms with Crippen LogP contribution in [0.2, 0.25) is 5.02 Å². The molecule has 0 aliphatic heterocycles. The highest BCUT2D eigenvalue weighted by Gasteiger charge is 2.14. The summed E-state index contributed by atoms with van der Waals surface area (Å²) in [4.78, 5) is 14.6. The van der Waals surface area contributed by atoms with Gasteiger partial charge in [0.05, 0.1) is 12.1 Å². The van der Waals surface area contributed by atoms with Gasteiger partial charge in [-0.3, -0.25) is 4.79 Å². The molecule has 12 heavy (non-hydrogen) atoms. The fourth-order valence-electron chi connectivity index (χ4n) is 0.753. The van der Waals surface area contributed by atoms with Gasteiger partial charge in [0, 0.05) is 6.20 Å². The van der Waals surface area contributed by atoms with Crippen LogP contribution in [0.15, 0.2) is 12.3 Å². The second-order valence-corrected chi connectivity index (χ2v) is 2.70. The Kier molecular flexibility index (Phi) is 2.89. The molecule has 0 aromatic carbocycles. The maximum absolute atomic E-state index is 10.8. The molecule has 64 valence electrons. The molecule has 0 amide bonds. The summed E-state index contributed by atoms with van der Waals surface area (Å²) in [5.41, 5.74) is 0.100. The third-order valence-electron chi connectivity index (χ3n) is 1.26. The fraction of sp³-hybridized carbons (Fsp3) is 0.143. The summed E-state index contributed by atoms with van der Waals surface area (Å²) in [6, 6.07) is 1.47. The first-order valence-electron chi connectivity index (χ1n) is 3.05. The summed E-state index contributed by atoms with van der Waals surface area (Å²) in [6.07, 6.45) is 1.44. The minimum absolute atomic E-state index is 0.100. The first-order chi connectivity index (χ1) is 5.66. The third kappa shape index (κ3) is 1.68. The van der Waals surface area contributed by atoms with E-state index < -0.39 is 5.24 Å². The summed E-state index contributed by atoms with van der Waals surface area (Å²) in [6.45, 7) is 0. The normalized spacial score (nSPS) is 9.58. The van der Waals surface area contributed by atoms with Crippen LogP contribution in [0.4, 0.5) is 0 Å². The van der Waals surface area contributed by atoms with E-state index in [9.17, 15) is 4.79 Å². The Morgan fingerprint density at radius 3 is 2.75 bits per heavy atom. The smallest absolute Gasteiger partial charge is 0.259 e. The maximum Gasteiger partial charge on any atom is 0.259 e. The number of halogens is 2. The van der Waals surface area contributed by atoms with Gasteiger partial charge in [0.15, 0.2) is 0 Å². The van der Waals surface area contributed by atoms with Crippen molar-refractivity contribution in [1.29, 1.82) is 0 Å². The Labute approximate surface area is 79.3 Å². The summed E-state index contributed by atoms with van der Waals surface area (Å²) >= 11 is 10.9. The van der Waals surface area contributed by atoms with Gasteiger partial charge in [-0.15, -0.1) is 0 Å². The SMILES string of the molecule is COc1nccc(Cl)c1C(=O)Cl. The largest absolute Gasteiger partial charge is 0.480 e. The van der Waals surface area contributed by atoms with Crippen LogP contribution in [-0.4, -0.2) is 17.3 Å². The Balaban J connectivity index is 3.29. The molecule has 0 saturated heterocycles. The monoisotopic (exact) mass is 205 g/mol. The van der Waals surface area contributed by atoms with Gasteiger partial charge in [-0.05, 0) is 17.7 Å². The van der Waals surface area contributed by atoms with Gasteiger partial charge in [0.2, 0.25) is 5.88 Å². The molecule has 1 rings (SSSR count). The summed E-state index contributed by atoms with van der Waals surface area (Å²) in [5, 5.41) is -0.438. The topological polar surface area (TPSA) is 39.2 Å². The zero-order valence-corrected chi connectivity index (χ0v) is 7.69. The molecular formula is C7H5Cl2NO2. The Morgan fingerprint density at radius 2 is 2.33 bits per heavy atom. The molecule has 0 atom stereocenters. The van der Waals surface area contributed by atoms with Crippen molar-refractivity contribution < 1.29 is 9.53 Å². The number of hydrogen-bond acceptors (Lipinski definition) is 3. The zero-order chi connectivity index (χ0) is 9.14. The Morgan fingerprint density at radius 1 is 1.67 bits per heavy atom. The molecule has 0 spiro atoms. The molecule has 0 aliphatic rings. The molecule has 1 aromatic heterocycles. The predicted molar refractivity (Wildman–Crippen MR) is 46.0 cm³/mol. The third-order valence-corrected chi connectivity index (χ3v) is 1.76. The quantitative estimate of drug-likeness (QED) is 0.695. The van der Waals surface area contributed by atoms with Crippen molar-refractivity contribution in [3.8, 4) is 5.88 Å². The van der Waals surface area contributed by atoms with E-state index in [4.69, 9.17) is 27.9 Å². The average molecular weight is 206 g/mol. The van der Waals surface area contributed by atoms with E-state index in [-0.39, 0.29) is 16.5 Å². The van der Waals surface area contributed by atoms with Crippen LogP contribution in [0.1, 0.15) is 10.4 Å². The van der Waals surface area contributed by atoms with E-state index in [1.165, 1.54) is 19.4 Å². The maximum atomic E-state index is 10.8. The second-order valence-electron chi connectivity index (χ2n) is 1.95. The lowest BCUT2D eigenvalue weighted by Gasteiger charge is -2.03. The van der Waals surface area contributed by atoms with E-state index in [1.807, 2.05) is 0 Å². The van der Waals surface area contributed by atoms with E-state index in [1.54, 1.807) is 0 Å². The molecule has 1 aromatic rings. The number of nitrogens with zero attached hydrogens (tertiary/aromatic N) is 1. The van der Waals surface area contributed by atoms with Crippen molar-refractivity contribution >= 4 is 28.4 Å². The highest BCUT2D eigenvalue weighted by atomic mass is 35.5. The summed E-state index contributed by atoms with van der Waals surface area (Å²) in [7, 11) is 1.39. The van der Waals surface area contributed by atoms with Crippen LogP contribution in [-0.2, 0) is 0 Å². The minimum atomic E-state index is -0.676. The number of rotatable bonds is 2. The van der Waals surface area contributed by atoms with Crippen LogP contribution < -0.4 is 4.74 Å². The van der Waals surface area contributed by atoms with Crippen molar-refractivity contribution in [2.75, 3.05) is 7.11 Å². The van der Waals surface area contributed by atoms with E-state index in [0.717, 1.165) is 0 Å². The zero-order valence-electron chi connectivity index (χ0n) is 6.17.